The normalized spacial score (nSPS) is 17.0. The highest BCUT2D eigenvalue weighted by atomic mass is 16.4. The molecule has 0 saturated heterocycles. The quantitative estimate of drug-likeness (QED) is 0.669. The number of H-pyrrole nitrogens is 1. The van der Waals surface area contributed by atoms with Crippen LogP contribution in [0.2, 0.25) is 0 Å². The van der Waals surface area contributed by atoms with Gasteiger partial charge in [-0.25, -0.2) is 9.48 Å². The fourth-order valence-corrected chi connectivity index (χ4v) is 4.24. The highest BCUT2D eigenvalue weighted by molar-refractivity contribution is 5.87. The number of hydrogen-bond donors (Lipinski definition) is 2. The molecule has 5 nitrogen and oxygen atoms in total. The fourth-order valence-electron chi connectivity index (χ4n) is 4.24. The molecule has 0 unspecified atom stereocenters. The zero-order valence-corrected chi connectivity index (χ0v) is 17.2. The average molecular weight is 390 g/mol. The van der Waals surface area contributed by atoms with Crippen LogP contribution in [0, 0.1) is 0 Å². The average Bonchev–Trinajstić information content (AvgIpc) is 3.07. The number of carboxylic acids is 1. The number of aromatic nitrogens is 2. The maximum Gasteiger partial charge on any atom is 0.335 e. The lowest BCUT2D eigenvalue weighted by molar-refractivity contribution is 0.0697. The smallest absolute Gasteiger partial charge is 0.335 e. The van der Waals surface area contributed by atoms with Crippen LogP contribution in [-0.4, -0.2) is 20.9 Å². The molecule has 2 N–H and O–H groups in total. The Kier molecular flexibility index (Phi) is 4.30. The molecule has 29 heavy (non-hydrogen) atoms. The number of carboxylic acid groups (broad SMARTS) is 1. The van der Waals surface area contributed by atoms with Crippen molar-refractivity contribution in [2.75, 3.05) is 0 Å². The first-order chi connectivity index (χ1) is 13.6. The molecule has 5 heteroatoms. The number of aromatic amines is 1. The monoisotopic (exact) mass is 390 g/mol. The molecule has 0 fully saturated rings. The molecule has 0 aliphatic heterocycles. The molecular formula is C24H26N2O3. The Morgan fingerprint density at radius 2 is 1.55 bits per heavy atom. The number of aromatic carboxylic acids is 1. The minimum absolute atomic E-state index is 0.0936. The lowest BCUT2D eigenvalue weighted by atomic mass is 9.63. The highest BCUT2D eigenvalue weighted by Crippen LogP contribution is 2.46. The van der Waals surface area contributed by atoms with Crippen LogP contribution in [0.3, 0.4) is 0 Å². The van der Waals surface area contributed by atoms with Crippen LogP contribution in [0.15, 0.2) is 53.3 Å². The number of nitrogens with one attached hydrogen (secondary N) is 1. The second-order valence-corrected chi connectivity index (χ2v) is 9.22. The van der Waals surface area contributed by atoms with Crippen molar-refractivity contribution in [3.05, 3.63) is 75.6 Å². The van der Waals surface area contributed by atoms with Crippen molar-refractivity contribution in [3.63, 3.8) is 0 Å². The first-order valence-corrected chi connectivity index (χ1v) is 9.90. The van der Waals surface area contributed by atoms with E-state index in [2.05, 4.69) is 51.0 Å². The van der Waals surface area contributed by atoms with Crippen molar-refractivity contribution in [2.45, 2.75) is 51.4 Å². The van der Waals surface area contributed by atoms with E-state index in [-0.39, 0.29) is 22.0 Å². The Balaban J connectivity index is 1.77. The Morgan fingerprint density at radius 3 is 2.17 bits per heavy atom. The third-order valence-electron chi connectivity index (χ3n) is 6.26. The summed E-state index contributed by atoms with van der Waals surface area (Å²) in [6.07, 6.45) is 2.29. The molecule has 4 rings (SSSR count). The van der Waals surface area contributed by atoms with Gasteiger partial charge in [-0.3, -0.25) is 9.89 Å². The number of carbonyl (C=O) groups is 1. The fraction of sp³-hybridized carbons (Fsp3) is 0.333. The summed E-state index contributed by atoms with van der Waals surface area (Å²) in [5.74, 6) is -0.990. The van der Waals surface area contributed by atoms with E-state index < -0.39 is 5.97 Å². The second kappa shape index (κ2) is 6.48. The van der Waals surface area contributed by atoms with Gasteiger partial charge in [0.25, 0.3) is 5.56 Å². The van der Waals surface area contributed by atoms with Gasteiger partial charge in [0, 0.05) is 6.07 Å². The van der Waals surface area contributed by atoms with Gasteiger partial charge in [0.05, 0.1) is 16.9 Å². The van der Waals surface area contributed by atoms with Gasteiger partial charge < -0.3 is 5.11 Å². The number of nitrogens with zero attached hydrogens (tertiary/aromatic N) is 1. The predicted octanol–water partition coefficient (Wildman–Crippen LogP) is 4.88. The molecule has 150 valence electrons. The molecular weight excluding hydrogens is 364 g/mol. The standard InChI is InChI=1S/C24H26N2O3/c1-23(2)11-12-24(3,4)19-13-16(7-10-18(19)23)20-14-21(27)26(25-20)17-8-5-15(6-9-17)22(28)29/h5-10,13-14,25H,11-12H2,1-4H3,(H,28,29). The minimum atomic E-state index is -0.990. The summed E-state index contributed by atoms with van der Waals surface area (Å²) in [5.41, 5.74) is 5.30. The molecule has 1 heterocycles. The molecule has 0 saturated carbocycles. The molecule has 0 radical (unpaired) electrons. The molecule has 1 aliphatic rings. The maximum atomic E-state index is 12.6. The van der Waals surface area contributed by atoms with Gasteiger partial charge in [0.1, 0.15) is 0 Å². The molecule has 2 aromatic carbocycles. The van der Waals surface area contributed by atoms with E-state index >= 15 is 0 Å². The van der Waals surface area contributed by atoms with Crippen LogP contribution in [0.5, 0.6) is 0 Å². The van der Waals surface area contributed by atoms with E-state index in [9.17, 15) is 9.59 Å². The Morgan fingerprint density at radius 1 is 0.931 bits per heavy atom. The highest BCUT2D eigenvalue weighted by Gasteiger charge is 2.37. The van der Waals surface area contributed by atoms with Gasteiger partial charge in [-0.1, -0.05) is 39.8 Å². The van der Waals surface area contributed by atoms with Gasteiger partial charge in [-0.15, -0.1) is 0 Å². The van der Waals surface area contributed by atoms with Crippen molar-refractivity contribution < 1.29 is 9.90 Å². The second-order valence-electron chi connectivity index (χ2n) is 9.22. The molecule has 3 aromatic rings. The summed E-state index contributed by atoms with van der Waals surface area (Å²) >= 11 is 0. The van der Waals surface area contributed by atoms with Gasteiger partial charge in [0.15, 0.2) is 0 Å². The molecule has 0 bridgehead atoms. The van der Waals surface area contributed by atoms with Gasteiger partial charge in [-0.05, 0) is 70.7 Å². The van der Waals surface area contributed by atoms with E-state index in [1.165, 1.54) is 27.9 Å². The summed E-state index contributed by atoms with van der Waals surface area (Å²) < 4.78 is 1.44. The summed E-state index contributed by atoms with van der Waals surface area (Å²) in [4.78, 5) is 23.6. The van der Waals surface area contributed by atoms with Gasteiger partial charge in [-0.2, -0.15) is 0 Å². The van der Waals surface area contributed by atoms with Crippen molar-refractivity contribution in [1.29, 1.82) is 0 Å². The van der Waals surface area contributed by atoms with Crippen LogP contribution in [0.4, 0.5) is 0 Å². The number of rotatable bonds is 3. The Bertz CT molecular complexity index is 1150. The zero-order valence-electron chi connectivity index (χ0n) is 17.2. The number of fused-ring (bicyclic) bond motifs is 1. The predicted molar refractivity (Wildman–Crippen MR) is 114 cm³/mol. The third-order valence-corrected chi connectivity index (χ3v) is 6.26. The van der Waals surface area contributed by atoms with Crippen LogP contribution in [-0.2, 0) is 10.8 Å². The molecule has 0 amide bonds. The van der Waals surface area contributed by atoms with Crippen LogP contribution in [0.25, 0.3) is 16.9 Å². The molecule has 0 atom stereocenters. The van der Waals surface area contributed by atoms with Crippen LogP contribution < -0.4 is 5.56 Å². The molecule has 0 spiro atoms. The van der Waals surface area contributed by atoms with Crippen molar-refractivity contribution >= 4 is 5.97 Å². The van der Waals surface area contributed by atoms with Crippen molar-refractivity contribution in [2.24, 2.45) is 0 Å². The lowest BCUT2D eigenvalue weighted by Gasteiger charge is -2.42. The van der Waals surface area contributed by atoms with Gasteiger partial charge >= 0.3 is 5.97 Å². The lowest BCUT2D eigenvalue weighted by Crippen LogP contribution is -2.33. The van der Waals surface area contributed by atoms with E-state index in [1.54, 1.807) is 18.2 Å². The Hall–Kier alpha value is -3.08. The SMILES string of the molecule is CC1(C)CCC(C)(C)c2cc(-c3cc(=O)n(-c4ccc(C(=O)O)cc4)[nH]3)ccc21. The largest absolute Gasteiger partial charge is 0.478 e. The third kappa shape index (κ3) is 3.31. The Labute approximate surface area is 170 Å². The van der Waals surface area contributed by atoms with Crippen LogP contribution in [0.1, 0.15) is 62.0 Å². The number of benzene rings is 2. The van der Waals surface area contributed by atoms with Crippen molar-refractivity contribution in [3.8, 4) is 16.9 Å². The van der Waals surface area contributed by atoms with E-state index in [4.69, 9.17) is 5.11 Å². The first-order valence-electron chi connectivity index (χ1n) is 9.90. The molecule has 1 aliphatic carbocycles. The summed E-state index contributed by atoms with van der Waals surface area (Å²) in [7, 11) is 0. The van der Waals surface area contributed by atoms with E-state index in [0.717, 1.165) is 24.1 Å². The zero-order chi connectivity index (χ0) is 21.0. The summed E-state index contributed by atoms with van der Waals surface area (Å²) in [5, 5.41) is 12.2. The summed E-state index contributed by atoms with van der Waals surface area (Å²) in [6.45, 7) is 9.14. The summed E-state index contributed by atoms with van der Waals surface area (Å²) in [6, 6.07) is 14.3. The minimum Gasteiger partial charge on any atom is -0.478 e. The van der Waals surface area contributed by atoms with E-state index in [1.807, 2.05) is 0 Å². The molecule has 1 aromatic heterocycles. The van der Waals surface area contributed by atoms with Gasteiger partial charge in [0.2, 0.25) is 0 Å². The van der Waals surface area contributed by atoms with Crippen LogP contribution >= 0.6 is 0 Å². The topological polar surface area (TPSA) is 75.1 Å². The van der Waals surface area contributed by atoms with E-state index in [0.29, 0.717) is 5.69 Å². The first kappa shape index (κ1) is 19.2. The van der Waals surface area contributed by atoms with Crippen molar-refractivity contribution in [1.82, 2.24) is 9.78 Å². The maximum absolute atomic E-state index is 12.6. The number of hydrogen-bond acceptors (Lipinski definition) is 2.